The van der Waals surface area contributed by atoms with Crippen LogP contribution in [-0.4, -0.2) is 25.2 Å². The second-order valence-corrected chi connectivity index (χ2v) is 4.14. The molecule has 0 unspecified atom stereocenters. The highest BCUT2D eigenvalue weighted by atomic mass is 35.5. The predicted molar refractivity (Wildman–Crippen MR) is 60.9 cm³/mol. The number of halogens is 1. The van der Waals surface area contributed by atoms with Crippen LogP contribution < -0.4 is 5.32 Å². The van der Waals surface area contributed by atoms with Crippen LogP contribution in [0.5, 0.6) is 0 Å². The number of hydrogen-bond acceptors (Lipinski definition) is 3. The number of hydrogen-bond donors (Lipinski definition) is 1. The first kappa shape index (κ1) is 16.2. The Labute approximate surface area is 93.0 Å². The van der Waals surface area contributed by atoms with Crippen molar-refractivity contribution >= 4 is 18.9 Å². The number of nitrogens with one attached hydrogen (secondary N) is 1. The topological polar surface area (TPSA) is 38.3 Å². The summed E-state index contributed by atoms with van der Waals surface area (Å²) in [5.74, 6) is 0. The summed E-state index contributed by atoms with van der Waals surface area (Å²) in [5.41, 5.74) is -0.318. The zero-order chi connectivity index (χ0) is 10.2. The smallest absolute Gasteiger partial charge is 0.293 e. The van der Waals surface area contributed by atoms with Crippen molar-refractivity contribution in [2.24, 2.45) is 0 Å². The maximum Gasteiger partial charge on any atom is 0.293 e. The summed E-state index contributed by atoms with van der Waals surface area (Å²) in [7, 11) is 0. The summed E-state index contributed by atoms with van der Waals surface area (Å²) in [6.45, 7) is 8.42. The van der Waals surface area contributed by atoms with Crippen LogP contribution in [0.15, 0.2) is 0 Å². The molecule has 0 atom stereocenters. The lowest BCUT2D eigenvalue weighted by Crippen LogP contribution is -2.21. The van der Waals surface area contributed by atoms with E-state index >= 15 is 0 Å². The average Bonchev–Trinajstić information content (AvgIpc) is 2.06. The van der Waals surface area contributed by atoms with Crippen LogP contribution >= 0.6 is 12.4 Å². The van der Waals surface area contributed by atoms with Gasteiger partial charge in [-0.15, -0.1) is 12.4 Å². The molecule has 0 amide bonds. The van der Waals surface area contributed by atoms with E-state index in [0.29, 0.717) is 6.47 Å². The molecule has 1 saturated heterocycles. The molecule has 14 heavy (non-hydrogen) atoms. The number of piperidine rings is 1. The van der Waals surface area contributed by atoms with Crippen molar-refractivity contribution < 1.29 is 9.53 Å². The molecule has 1 rings (SSSR count). The summed E-state index contributed by atoms with van der Waals surface area (Å²) < 4.78 is 4.55. The lowest BCUT2D eigenvalue weighted by molar-refractivity contribution is -0.138. The van der Waals surface area contributed by atoms with Crippen LogP contribution in [-0.2, 0) is 9.53 Å². The van der Waals surface area contributed by atoms with Crippen LogP contribution in [0, 0.1) is 0 Å². The lowest BCUT2D eigenvalue weighted by atomic mass is 10.2. The lowest BCUT2D eigenvalue weighted by Gasteiger charge is -2.14. The Morgan fingerprint density at radius 3 is 1.71 bits per heavy atom. The van der Waals surface area contributed by atoms with E-state index in [-0.39, 0.29) is 18.0 Å². The molecule has 0 radical (unpaired) electrons. The minimum absolute atomic E-state index is 0. The molecule has 0 spiro atoms. The Morgan fingerprint density at radius 1 is 1.14 bits per heavy atom. The first-order valence-corrected chi connectivity index (χ1v) is 4.88. The molecule has 86 valence electrons. The van der Waals surface area contributed by atoms with Gasteiger partial charge in [0, 0.05) is 0 Å². The normalized spacial score (nSPS) is 15.6. The van der Waals surface area contributed by atoms with Crippen LogP contribution in [0.25, 0.3) is 0 Å². The second-order valence-electron chi connectivity index (χ2n) is 4.14. The van der Waals surface area contributed by atoms with Crippen molar-refractivity contribution in [2.45, 2.75) is 45.6 Å². The molecule has 0 aromatic heterocycles. The molecule has 1 aliphatic heterocycles. The van der Waals surface area contributed by atoms with Crippen molar-refractivity contribution in [2.75, 3.05) is 13.1 Å². The van der Waals surface area contributed by atoms with Crippen LogP contribution in [0.2, 0.25) is 0 Å². The van der Waals surface area contributed by atoms with Gasteiger partial charge in [-0.1, -0.05) is 6.42 Å². The molecule has 0 aromatic carbocycles. The molecule has 1 fully saturated rings. The third kappa shape index (κ3) is 14.3. The third-order valence-electron chi connectivity index (χ3n) is 1.61. The first-order chi connectivity index (χ1) is 6.06. The van der Waals surface area contributed by atoms with Crippen LogP contribution in [0.3, 0.4) is 0 Å². The largest absolute Gasteiger partial charge is 0.462 e. The van der Waals surface area contributed by atoms with E-state index in [1.54, 1.807) is 0 Å². The van der Waals surface area contributed by atoms with Gasteiger partial charge in [-0.3, -0.25) is 4.79 Å². The van der Waals surface area contributed by atoms with E-state index in [9.17, 15) is 4.79 Å². The van der Waals surface area contributed by atoms with Gasteiger partial charge in [-0.25, -0.2) is 0 Å². The van der Waals surface area contributed by atoms with Gasteiger partial charge in [0.25, 0.3) is 6.47 Å². The van der Waals surface area contributed by atoms with Crippen molar-refractivity contribution in [1.29, 1.82) is 0 Å². The van der Waals surface area contributed by atoms with Gasteiger partial charge in [0.15, 0.2) is 0 Å². The van der Waals surface area contributed by atoms with Crippen LogP contribution in [0.1, 0.15) is 40.0 Å². The Kier molecular flexibility index (Phi) is 10.7. The predicted octanol–water partition coefficient (Wildman–Crippen LogP) is 2.14. The SMILES string of the molecule is C1CCNCC1.CC(C)(C)OC=O.Cl. The standard InChI is InChI=1S/C5H11N.C5H10O2.ClH/c1-2-4-6-5-3-1;1-5(2,3)7-4-6;/h6H,1-5H2;4H,1-3H3;1H. The second kappa shape index (κ2) is 9.28. The molecule has 1 heterocycles. The summed E-state index contributed by atoms with van der Waals surface area (Å²) in [4.78, 5) is 9.60. The Morgan fingerprint density at radius 2 is 1.64 bits per heavy atom. The molecule has 0 aromatic rings. The van der Waals surface area contributed by atoms with E-state index in [0.717, 1.165) is 0 Å². The van der Waals surface area contributed by atoms with Crippen molar-refractivity contribution in [1.82, 2.24) is 5.32 Å². The Bertz CT molecular complexity index is 119. The average molecular weight is 224 g/mol. The van der Waals surface area contributed by atoms with Crippen molar-refractivity contribution in [3.05, 3.63) is 0 Å². The number of carbonyl (C=O) groups is 1. The minimum Gasteiger partial charge on any atom is -0.462 e. The van der Waals surface area contributed by atoms with E-state index in [1.165, 1.54) is 32.4 Å². The molecule has 1 aliphatic rings. The van der Waals surface area contributed by atoms with E-state index in [2.05, 4.69) is 10.1 Å². The molecule has 0 bridgehead atoms. The number of rotatable bonds is 1. The number of ether oxygens (including phenoxy) is 1. The maximum atomic E-state index is 9.60. The zero-order valence-corrected chi connectivity index (χ0v) is 10.2. The van der Waals surface area contributed by atoms with Gasteiger partial charge >= 0.3 is 0 Å². The highest BCUT2D eigenvalue weighted by Crippen LogP contribution is 2.02. The summed E-state index contributed by atoms with van der Waals surface area (Å²) >= 11 is 0. The summed E-state index contributed by atoms with van der Waals surface area (Å²) in [5, 5.41) is 3.28. The monoisotopic (exact) mass is 223 g/mol. The van der Waals surface area contributed by atoms with Gasteiger partial charge in [0.2, 0.25) is 0 Å². The van der Waals surface area contributed by atoms with Crippen LogP contribution in [0.4, 0.5) is 0 Å². The fourth-order valence-electron chi connectivity index (χ4n) is 0.946. The van der Waals surface area contributed by atoms with Gasteiger partial charge < -0.3 is 10.1 Å². The molecule has 0 aliphatic carbocycles. The molecular weight excluding hydrogens is 202 g/mol. The quantitative estimate of drug-likeness (QED) is 0.693. The highest BCUT2D eigenvalue weighted by molar-refractivity contribution is 5.85. The fourth-order valence-corrected chi connectivity index (χ4v) is 0.946. The van der Waals surface area contributed by atoms with Gasteiger partial charge in [-0.05, 0) is 46.7 Å². The summed E-state index contributed by atoms with van der Waals surface area (Å²) in [6.07, 6.45) is 4.22. The van der Waals surface area contributed by atoms with Gasteiger partial charge in [-0.2, -0.15) is 0 Å². The van der Waals surface area contributed by atoms with Crippen molar-refractivity contribution in [3.8, 4) is 0 Å². The Balaban J connectivity index is 0. The van der Waals surface area contributed by atoms with Gasteiger partial charge in [0.05, 0.1) is 0 Å². The zero-order valence-electron chi connectivity index (χ0n) is 9.34. The van der Waals surface area contributed by atoms with E-state index in [1.807, 2.05) is 20.8 Å². The Hall–Kier alpha value is -0.280. The molecule has 3 nitrogen and oxygen atoms in total. The third-order valence-corrected chi connectivity index (χ3v) is 1.61. The highest BCUT2D eigenvalue weighted by Gasteiger charge is 2.07. The molecule has 0 saturated carbocycles. The van der Waals surface area contributed by atoms with E-state index < -0.39 is 0 Å². The fraction of sp³-hybridized carbons (Fsp3) is 0.900. The van der Waals surface area contributed by atoms with Crippen molar-refractivity contribution in [3.63, 3.8) is 0 Å². The summed E-state index contributed by atoms with van der Waals surface area (Å²) in [6, 6.07) is 0. The van der Waals surface area contributed by atoms with Gasteiger partial charge in [0.1, 0.15) is 5.60 Å². The first-order valence-electron chi connectivity index (χ1n) is 4.88. The molecular formula is C10H22ClNO2. The minimum atomic E-state index is -0.318. The molecule has 4 heteroatoms. The maximum absolute atomic E-state index is 9.60. The van der Waals surface area contributed by atoms with E-state index in [4.69, 9.17) is 0 Å². The molecule has 1 N–H and O–H groups in total. The number of carbonyl (C=O) groups excluding carboxylic acids is 1.